The highest BCUT2D eigenvalue weighted by atomic mass is 35.5. The summed E-state index contributed by atoms with van der Waals surface area (Å²) >= 11 is 6.25. The number of benzene rings is 2. The molecule has 3 aliphatic heterocycles. The molecule has 0 unspecified atom stereocenters. The summed E-state index contributed by atoms with van der Waals surface area (Å²) in [6.07, 6.45) is 1.24. The van der Waals surface area contributed by atoms with Gasteiger partial charge in [0.25, 0.3) is 0 Å². The molecule has 6 nitrogen and oxygen atoms in total. The number of anilines is 1. The van der Waals surface area contributed by atoms with Crippen molar-refractivity contribution >= 4 is 29.0 Å². The van der Waals surface area contributed by atoms with Crippen LogP contribution in [0, 0.1) is 22.9 Å². The Bertz CT molecular complexity index is 1340. The number of likely N-dealkylation sites (N-methyl/N-ethyl adjacent to an activating group) is 1. The fourth-order valence-electron chi connectivity index (χ4n) is 7.11. The fourth-order valence-corrected chi connectivity index (χ4v) is 7.29. The van der Waals surface area contributed by atoms with E-state index < -0.39 is 46.8 Å². The molecule has 230 valence electrons. The van der Waals surface area contributed by atoms with Crippen LogP contribution in [0.15, 0.2) is 30.3 Å². The van der Waals surface area contributed by atoms with Gasteiger partial charge in [-0.25, -0.2) is 13.2 Å². The van der Waals surface area contributed by atoms with Crippen molar-refractivity contribution in [1.82, 2.24) is 9.80 Å². The molecule has 2 saturated heterocycles. The zero-order chi connectivity index (χ0) is 29.7. The van der Waals surface area contributed by atoms with E-state index in [0.29, 0.717) is 32.6 Å². The fraction of sp³-hybridized carbons (Fsp3) is 0.562. The van der Waals surface area contributed by atoms with Gasteiger partial charge in [-0.2, -0.15) is 0 Å². The van der Waals surface area contributed by atoms with E-state index in [1.165, 1.54) is 6.07 Å². The Labute approximate surface area is 251 Å². The normalized spacial score (nSPS) is 26.3. The predicted molar refractivity (Wildman–Crippen MR) is 158 cm³/mol. The molecule has 4 atom stereocenters. The predicted octanol–water partition coefficient (Wildman–Crippen LogP) is 6.17. The number of ketones is 1. The summed E-state index contributed by atoms with van der Waals surface area (Å²) in [6, 6.07) is 5.02. The highest BCUT2D eigenvalue weighted by Gasteiger charge is 2.68. The Morgan fingerprint density at radius 2 is 1.81 bits per heavy atom. The number of hydrogen-bond acceptors (Lipinski definition) is 5. The summed E-state index contributed by atoms with van der Waals surface area (Å²) < 4.78 is 50.6. The van der Waals surface area contributed by atoms with Gasteiger partial charge in [0, 0.05) is 43.2 Å². The molecular formula is C32H41ClF3N3O3. The third-order valence-corrected chi connectivity index (χ3v) is 9.14. The van der Waals surface area contributed by atoms with Gasteiger partial charge in [-0.05, 0) is 55.1 Å². The summed E-state index contributed by atoms with van der Waals surface area (Å²) in [5, 5.41) is 2.62. The molecule has 2 aromatic carbocycles. The van der Waals surface area contributed by atoms with Crippen molar-refractivity contribution in [2.24, 2.45) is 5.41 Å². The number of nitrogens with one attached hydrogen (secondary N) is 1. The average Bonchev–Trinajstić information content (AvgIpc) is 3.32. The first-order valence-electron chi connectivity index (χ1n) is 14.2. The second-order valence-electron chi connectivity index (χ2n) is 12.7. The Hall–Kier alpha value is -2.46. The first kappa shape index (κ1) is 32.5. The number of Topliss-reactive ketones (excluding diaryl/α,β-unsaturated/α-hetero) is 1. The number of amides is 1. The third-order valence-electron chi connectivity index (χ3n) is 8.85. The van der Waals surface area contributed by atoms with Gasteiger partial charge in [-0.15, -0.1) is 0 Å². The minimum atomic E-state index is -1.57. The second kappa shape index (κ2) is 12.3. The molecule has 5 rings (SSSR count). The summed E-state index contributed by atoms with van der Waals surface area (Å²) in [4.78, 5) is 32.5. The van der Waals surface area contributed by atoms with E-state index in [-0.39, 0.29) is 46.9 Å². The maximum Gasteiger partial charge on any atom is 0.237 e. The summed E-state index contributed by atoms with van der Waals surface area (Å²) in [5.41, 5.74) is -1.41. The van der Waals surface area contributed by atoms with Crippen LogP contribution in [0.2, 0.25) is 5.02 Å². The number of nitrogens with zero attached hydrogens (tertiary/aromatic N) is 2. The summed E-state index contributed by atoms with van der Waals surface area (Å²) in [6.45, 7) is 9.65. The summed E-state index contributed by atoms with van der Waals surface area (Å²) in [5.74, 6) is -4.60. The molecule has 1 amide bonds. The van der Waals surface area contributed by atoms with Crippen molar-refractivity contribution in [3.05, 3.63) is 63.9 Å². The molecule has 1 spiro atoms. The second-order valence-corrected chi connectivity index (χ2v) is 13.1. The van der Waals surface area contributed by atoms with E-state index in [0.717, 1.165) is 25.2 Å². The van der Waals surface area contributed by atoms with Crippen molar-refractivity contribution in [1.29, 1.82) is 0 Å². The molecule has 0 saturated carbocycles. The minimum absolute atomic E-state index is 0. The lowest BCUT2D eigenvalue weighted by molar-refractivity contribution is -0.124. The number of likely N-dealkylation sites (tertiary alicyclic amines) is 1. The van der Waals surface area contributed by atoms with Gasteiger partial charge in [-0.3, -0.25) is 19.4 Å². The molecule has 0 aliphatic carbocycles. The lowest BCUT2D eigenvalue weighted by atomic mass is 9.62. The zero-order valence-corrected chi connectivity index (χ0v) is 24.7. The molecule has 0 bridgehead atoms. The van der Waals surface area contributed by atoms with E-state index in [1.807, 2.05) is 25.7 Å². The van der Waals surface area contributed by atoms with E-state index >= 15 is 4.39 Å². The van der Waals surface area contributed by atoms with Gasteiger partial charge in [0.2, 0.25) is 5.91 Å². The number of carbonyl (C=O) groups is 2. The van der Waals surface area contributed by atoms with Gasteiger partial charge in [0.1, 0.15) is 11.2 Å². The molecule has 42 heavy (non-hydrogen) atoms. The Kier molecular flexibility index (Phi) is 9.48. The smallest absolute Gasteiger partial charge is 0.237 e. The monoisotopic (exact) mass is 607 g/mol. The first-order chi connectivity index (χ1) is 19.4. The molecular weight excluding hydrogens is 567 g/mol. The zero-order valence-electron chi connectivity index (χ0n) is 23.9. The Balaban J connectivity index is 0.00000405. The molecule has 10 heteroatoms. The number of rotatable bonds is 7. The number of fused-ring (bicyclic) bond motifs is 2. The number of carbonyl (C=O) groups excluding carboxylic acids is 2. The number of ether oxygens (including phenoxy) is 1. The molecule has 2 fully saturated rings. The van der Waals surface area contributed by atoms with Gasteiger partial charge < -0.3 is 10.1 Å². The van der Waals surface area contributed by atoms with Crippen LogP contribution in [0.4, 0.5) is 18.9 Å². The quantitative estimate of drug-likeness (QED) is 0.408. The highest BCUT2D eigenvalue weighted by molar-refractivity contribution is 6.30. The van der Waals surface area contributed by atoms with Crippen LogP contribution in [0.3, 0.4) is 0 Å². The SMILES string of the molecule is C.CN1[C@@H](C(=O)CCCN2CCOCC2)[C@H](c2cccc(Cl)c2F)[C@@]2(C(=O)Nc3cc(F)c(F)cc32)[C@H]1CC(C)(C)C. The third kappa shape index (κ3) is 5.61. The van der Waals surface area contributed by atoms with Crippen molar-refractivity contribution in [2.45, 2.75) is 70.9 Å². The largest absolute Gasteiger partial charge is 0.379 e. The lowest BCUT2D eigenvalue weighted by Gasteiger charge is -2.39. The first-order valence-corrected chi connectivity index (χ1v) is 14.5. The van der Waals surface area contributed by atoms with Crippen molar-refractivity contribution < 1.29 is 27.5 Å². The van der Waals surface area contributed by atoms with Crippen LogP contribution in [0.1, 0.15) is 64.5 Å². The molecule has 2 aromatic rings. The van der Waals surface area contributed by atoms with Crippen LogP contribution < -0.4 is 5.32 Å². The number of halogens is 4. The maximum absolute atomic E-state index is 15.9. The van der Waals surface area contributed by atoms with Crippen molar-refractivity contribution in [3.8, 4) is 0 Å². The molecule has 3 heterocycles. The van der Waals surface area contributed by atoms with Crippen LogP contribution in [0.5, 0.6) is 0 Å². The van der Waals surface area contributed by atoms with Crippen LogP contribution in [0.25, 0.3) is 0 Å². The van der Waals surface area contributed by atoms with Crippen molar-refractivity contribution in [2.75, 3.05) is 45.2 Å². The highest BCUT2D eigenvalue weighted by Crippen LogP contribution is 2.60. The molecule has 3 aliphatic rings. The average molecular weight is 608 g/mol. The maximum atomic E-state index is 15.9. The van der Waals surface area contributed by atoms with E-state index in [9.17, 15) is 18.4 Å². The topological polar surface area (TPSA) is 61.9 Å². The van der Waals surface area contributed by atoms with Crippen LogP contribution in [-0.4, -0.2) is 73.5 Å². The van der Waals surface area contributed by atoms with E-state index in [1.54, 1.807) is 19.2 Å². The van der Waals surface area contributed by atoms with Gasteiger partial charge >= 0.3 is 0 Å². The minimum Gasteiger partial charge on any atom is -0.379 e. The van der Waals surface area contributed by atoms with E-state index in [2.05, 4.69) is 10.2 Å². The number of morpholine rings is 1. The van der Waals surface area contributed by atoms with E-state index in [4.69, 9.17) is 16.3 Å². The lowest BCUT2D eigenvalue weighted by Crippen LogP contribution is -2.50. The van der Waals surface area contributed by atoms with Gasteiger partial charge in [-0.1, -0.05) is 51.9 Å². The van der Waals surface area contributed by atoms with Crippen LogP contribution >= 0.6 is 11.6 Å². The van der Waals surface area contributed by atoms with Crippen LogP contribution in [-0.2, 0) is 19.7 Å². The van der Waals surface area contributed by atoms with Crippen molar-refractivity contribution in [3.63, 3.8) is 0 Å². The Morgan fingerprint density at radius 3 is 2.48 bits per heavy atom. The Morgan fingerprint density at radius 1 is 1.14 bits per heavy atom. The molecule has 1 N–H and O–H groups in total. The standard InChI is InChI=1S/C31H37ClF3N3O3.CH4/c1-30(2,3)17-25-31(19-15-21(33)22(34)16-23(19)36-29(31)40)26(18-7-5-8-20(32)27(18)35)28(37(25)4)24(39)9-6-10-38-11-13-41-14-12-38;/h5,7-8,15-16,25-26,28H,6,9-14,17H2,1-4H3,(H,36,40);1H4/t25-,26+,28+,31+;/m1./s1. The molecule has 0 radical (unpaired) electrons. The van der Waals surface area contributed by atoms with Gasteiger partial charge in [0.05, 0.1) is 24.3 Å². The molecule has 0 aromatic heterocycles. The summed E-state index contributed by atoms with van der Waals surface area (Å²) in [7, 11) is 1.77. The number of hydrogen-bond donors (Lipinski definition) is 1. The van der Waals surface area contributed by atoms with Gasteiger partial charge in [0.15, 0.2) is 17.4 Å².